The number of alkyl halides is 3. The Labute approximate surface area is 124 Å². The predicted octanol–water partition coefficient (Wildman–Crippen LogP) is 1.40. The van der Waals surface area contributed by atoms with Crippen molar-refractivity contribution in [2.24, 2.45) is 5.92 Å². The largest absolute Gasteiger partial charge is 0.417 e. The Hall–Kier alpha value is -1.84. The van der Waals surface area contributed by atoms with Gasteiger partial charge in [-0.1, -0.05) is 13.8 Å². The zero-order valence-electron chi connectivity index (χ0n) is 11.8. The summed E-state index contributed by atoms with van der Waals surface area (Å²) in [5.74, 6) is -2.40. The SMILES string of the molecule is CC(C)CS(=O)(=O)CC(=O)Nc1cc(C(F)(F)F)c[nH]c1=O. The molecular formula is C12H15F3N2O4S. The molecular weight excluding hydrogens is 325 g/mol. The topological polar surface area (TPSA) is 96.1 Å². The molecule has 0 aliphatic rings. The van der Waals surface area contributed by atoms with Gasteiger partial charge in [-0.05, 0) is 12.0 Å². The van der Waals surface area contributed by atoms with Crippen LogP contribution in [0.15, 0.2) is 17.1 Å². The first-order valence-electron chi connectivity index (χ1n) is 6.21. The number of sulfone groups is 1. The first-order chi connectivity index (χ1) is 9.90. The third-order valence-electron chi connectivity index (χ3n) is 2.44. The summed E-state index contributed by atoms with van der Waals surface area (Å²) in [5.41, 5.74) is -2.77. The summed E-state index contributed by atoms with van der Waals surface area (Å²) in [6.45, 7) is 3.29. The minimum atomic E-state index is -4.70. The van der Waals surface area contributed by atoms with Gasteiger partial charge in [-0.25, -0.2) is 8.42 Å². The quantitative estimate of drug-likeness (QED) is 0.847. The number of carbonyl (C=O) groups excluding carboxylic acids is 1. The Morgan fingerprint density at radius 3 is 2.45 bits per heavy atom. The molecule has 1 rings (SSSR count). The van der Waals surface area contributed by atoms with Gasteiger partial charge in [-0.2, -0.15) is 13.2 Å². The number of H-pyrrole nitrogens is 1. The standard InChI is InChI=1S/C12H15F3N2O4S/c1-7(2)5-22(20,21)6-10(18)17-9-3-8(12(13,14)15)4-16-11(9)19/h3-4,7H,5-6H2,1-2H3,(H,16,19)(H,17,18). The summed E-state index contributed by atoms with van der Waals surface area (Å²) in [6, 6.07) is 0.450. The second-order valence-electron chi connectivity index (χ2n) is 5.13. The molecule has 0 spiro atoms. The van der Waals surface area contributed by atoms with Gasteiger partial charge in [-0.15, -0.1) is 0 Å². The smallest absolute Gasteiger partial charge is 0.327 e. The Morgan fingerprint density at radius 2 is 1.95 bits per heavy atom. The summed E-state index contributed by atoms with van der Waals surface area (Å²) in [7, 11) is -3.70. The average molecular weight is 340 g/mol. The van der Waals surface area contributed by atoms with Gasteiger partial charge in [0.05, 0.1) is 11.3 Å². The lowest BCUT2D eigenvalue weighted by Gasteiger charge is -2.10. The van der Waals surface area contributed by atoms with Crippen molar-refractivity contribution in [2.45, 2.75) is 20.0 Å². The molecule has 1 aromatic rings. The van der Waals surface area contributed by atoms with Crippen molar-refractivity contribution in [3.63, 3.8) is 0 Å². The molecule has 2 N–H and O–H groups in total. The van der Waals surface area contributed by atoms with Gasteiger partial charge in [0.25, 0.3) is 5.56 Å². The number of pyridine rings is 1. The summed E-state index contributed by atoms with van der Waals surface area (Å²) in [6.07, 6.45) is -4.24. The molecule has 0 fully saturated rings. The number of aromatic nitrogens is 1. The van der Waals surface area contributed by atoms with Gasteiger partial charge in [0.15, 0.2) is 9.84 Å². The highest BCUT2D eigenvalue weighted by Crippen LogP contribution is 2.29. The van der Waals surface area contributed by atoms with Crippen LogP contribution < -0.4 is 10.9 Å². The van der Waals surface area contributed by atoms with E-state index in [-0.39, 0.29) is 11.7 Å². The van der Waals surface area contributed by atoms with Gasteiger partial charge in [0.1, 0.15) is 11.4 Å². The second-order valence-corrected chi connectivity index (χ2v) is 7.23. The van der Waals surface area contributed by atoms with Gasteiger partial charge in [0.2, 0.25) is 5.91 Å². The van der Waals surface area contributed by atoms with Crippen LogP contribution in [-0.2, 0) is 20.8 Å². The van der Waals surface area contributed by atoms with E-state index in [1.165, 1.54) is 0 Å². The van der Waals surface area contributed by atoms with Crippen molar-refractivity contribution >= 4 is 21.4 Å². The Balaban J connectivity index is 2.91. The summed E-state index contributed by atoms with van der Waals surface area (Å²) in [4.78, 5) is 24.8. The number of hydrogen-bond acceptors (Lipinski definition) is 4. The zero-order valence-corrected chi connectivity index (χ0v) is 12.6. The van der Waals surface area contributed by atoms with Gasteiger partial charge in [-0.3, -0.25) is 9.59 Å². The molecule has 22 heavy (non-hydrogen) atoms. The van der Waals surface area contributed by atoms with Crippen LogP contribution in [0.4, 0.5) is 18.9 Å². The van der Waals surface area contributed by atoms with Crippen LogP contribution in [0.1, 0.15) is 19.4 Å². The van der Waals surface area contributed by atoms with Crippen LogP contribution in [0.5, 0.6) is 0 Å². The summed E-state index contributed by atoms with van der Waals surface area (Å²) >= 11 is 0. The molecule has 0 aromatic carbocycles. The molecule has 0 bridgehead atoms. The highest BCUT2D eigenvalue weighted by Gasteiger charge is 2.31. The fourth-order valence-corrected chi connectivity index (χ4v) is 3.30. The van der Waals surface area contributed by atoms with Crippen molar-refractivity contribution < 1.29 is 26.4 Å². The molecule has 0 aliphatic carbocycles. The maximum absolute atomic E-state index is 12.5. The van der Waals surface area contributed by atoms with Gasteiger partial charge < -0.3 is 10.3 Å². The first-order valence-corrected chi connectivity index (χ1v) is 8.03. The van der Waals surface area contributed by atoms with Crippen molar-refractivity contribution in [3.05, 3.63) is 28.2 Å². The molecule has 0 aliphatic heterocycles. The van der Waals surface area contributed by atoms with E-state index in [1.54, 1.807) is 13.8 Å². The lowest BCUT2D eigenvalue weighted by molar-refractivity contribution is -0.137. The molecule has 10 heteroatoms. The monoisotopic (exact) mass is 340 g/mol. The van der Waals surface area contributed by atoms with E-state index >= 15 is 0 Å². The number of anilines is 1. The van der Waals surface area contributed by atoms with Crippen LogP contribution >= 0.6 is 0 Å². The van der Waals surface area contributed by atoms with E-state index < -0.39 is 44.5 Å². The lowest BCUT2D eigenvalue weighted by atomic mass is 10.2. The Morgan fingerprint density at radius 1 is 1.36 bits per heavy atom. The maximum atomic E-state index is 12.5. The van der Waals surface area contributed by atoms with Crippen LogP contribution in [0.2, 0.25) is 0 Å². The molecule has 1 amide bonds. The summed E-state index contributed by atoms with van der Waals surface area (Å²) < 4.78 is 60.8. The van der Waals surface area contributed by atoms with E-state index in [1.807, 2.05) is 10.3 Å². The zero-order chi connectivity index (χ0) is 17.1. The third kappa shape index (κ3) is 5.51. The molecule has 6 nitrogen and oxygen atoms in total. The van der Waals surface area contributed by atoms with Gasteiger partial charge in [0, 0.05) is 6.20 Å². The maximum Gasteiger partial charge on any atom is 0.417 e. The van der Waals surface area contributed by atoms with E-state index in [0.29, 0.717) is 12.3 Å². The first kappa shape index (κ1) is 18.2. The van der Waals surface area contributed by atoms with Crippen LogP contribution in [-0.4, -0.2) is 30.8 Å². The Bertz CT molecular complexity index is 708. The number of nitrogens with one attached hydrogen (secondary N) is 2. The molecule has 124 valence electrons. The number of aromatic amines is 1. The fraction of sp³-hybridized carbons (Fsp3) is 0.500. The number of rotatable bonds is 5. The highest BCUT2D eigenvalue weighted by molar-refractivity contribution is 7.92. The van der Waals surface area contributed by atoms with E-state index in [0.717, 1.165) is 0 Å². The van der Waals surface area contributed by atoms with Crippen molar-refractivity contribution in [1.29, 1.82) is 0 Å². The normalized spacial score (nSPS) is 12.5. The number of halogens is 3. The molecule has 0 saturated carbocycles. The van der Waals surface area contributed by atoms with Crippen LogP contribution in [0.25, 0.3) is 0 Å². The molecule has 0 saturated heterocycles. The van der Waals surface area contributed by atoms with E-state index in [9.17, 15) is 31.2 Å². The lowest BCUT2D eigenvalue weighted by Crippen LogP contribution is -2.29. The minimum Gasteiger partial charge on any atom is -0.327 e. The fourth-order valence-electron chi connectivity index (χ4n) is 1.69. The van der Waals surface area contributed by atoms with Gasteiger partial charge >= 0.3 is 6.18 Å². The highest BCUT2D eigenvalue weighted by atomic mass is 32.2. The Kier molecular flexibility index (Phi) is 5.39. The number of amides is 1. The van der Waals surface area contributed by atoms with E-state index in [4.69, 9.17) is 0 Å². The molecule has 0 atom stereocenters. The molecule has 0 radical (unpaired) electrons. The predicted molar refractivity (Wildman–Crippen MR) is 74.2 cm³/mol. The van der Waals surface area contributed by atoms with Crippen LogP contribution in [0.3, 0.4) is 0 Å². The van der Waals surface area contributed by atoms with E-state index in [2.05, 4.69) is 0 Å². The van der Waals surface area contributed by atoms with Crippen LogP contribution in [0, 0.1) is 5.92 Å². The molecule has 1 heterocycles. The number of carbonyl (C=O) groups is 1. The minimum absolute atomic E-state index is 0.199. The second kappa shape index (κ2) is 6.51. The molecule has 0 unspecified atom stereocenters. The van der Waals surface area contributed by atoms with Crippen molar-refractivity contribution in [1.82, 2.24) is 4.98 Å². The van der Waals surface area contributed by atoms with Crippen molar-refractivity contribution in [3.8, 4) is 0 Å². The average Bonchev–Trinajstić information content (AvgIpc) is 2.27. The molecule has 1 aromatic heterocycles. The van der Waals surface area contributed by atoms with Crippen molar-refractivity contribution in [2.75, 3.05) is 16.8 Å². The third-order valence-corrected chi connectivity index (χ3v) is 4.32. The summed E-state index contributed by atoms with van der Waals surface area (Å²) in [5, 5.41) is 1.89. The number of hydrogen-bond donors (Lipinski definition) is 2.